The van der Waals surface area contributed by atoms with Crippen LogP contribution in [0.1, 0.15) is 22.6 Å². The Balaban J connectivity index is 1.11. The molecule has 2 N–H and O–H groups in total. The van der Waals surface area contributed by atoms with Gasteiger partial charge < -0.3 is 20.2 Å². The average Bonchev–Trinajstić information content (AvgIpc) is 3.59. The van der Waals surface area contributed by atoms with E-state index in [1.165, 1.54) is 29.9 Å². The zero-order chi connectivity index (χ0) is 24.0. The van der Waals surface area contributed by atoms with Crippen molar-refractivity contribution >= 4 is 23.0 Å². The molecule has 2 aliphatic heterocycles. The minimum absolute atomic E-state index is 0.107. The van der Waals surface area contributed by atoms with E-state index >= 15 is 0 Å². The normalized spacial score (nSPS) is 22.9. The van der Waals surface area contributed by atoms with Gasteiger partial charge in [0, 0.05) is 54.9 Å². The third-order valence-electron chi connectivity index (χ3n) is 8.03. The van der Waals surface area contributed by atoms with Crippen LogP contribution in [0.25, 0.3) is 11.3 Å². The lowest BCUT2D eigenvalue weighted by Gasteiger charge is -2.28. The van der Waals surface area contributed by atoms with E-state index < -0.39 is 11.5 Å². The van der Waals surface area contributed by atoms with Crippen molar-refractivity contribution in [3.63, 3.8) is 0 Å². The molecule has 35 heavy (non-hydrogen) atoms. The van der Waals surface area contributed by atoms with Gasteiger partial charge in [-0.25, -0.2) is 4.98 Å². The molecule has 7 heteroatoms. The molecule has 6 rings (SSSR count). The average molecular weight is 489 g/mol. The maximum atomic E-state index is 11.6. The molecule has 1 aromatic heterocycles. The van der Waals surface area contributed by atoms with Crippen molar-refractivity contribution in [1.29, 1.82) is 0 Å². The second kappa shape index (κ2) is 9.04. The monoisotopic (exact) mass is 488 g/mol. The number of hydrogen-bond donors (Lipinski definition) is 2. The standard InChI is InChI=1S/C28H32N4O2S/c1-31-14-22-16-32(17-23(22)15-31)24-8-6-19(7-9-24)25-18-35-26(30-25)13-29-28(12-27(33)34)10-20-4-2-3-5-21(20)11-28/h2-9,18,22-23,29H,10-17H2,1H3,(H,33,34). The van der Waals surface area contributed by atoms with E-state index in [9.17, 15) is 9.90 Å². The lowest BCUT2D eigenvalue weighted by Crippen LogP contribution is -2.47. The SMILES string of the molecule is CN1CC2CN(c3ccc(-c4csc(CNC5(CC(=O)O)Cc6ccccc6C5)n4)cc3)CC2C1. The van der Waals surface area contributed by atoms with E-state index in [2.05, 4.69) is 63.9 Å². The predicted molar refractivity (Wildman–Crippen MR) is 140 cm³/mol. The number of aliphatic carboxylic acids is 1. The van der Waals surface area contributed by atoms with E-state index in [1.807, 2.05) is 12.1 Å². The van der Waals surface area contributed by atoms with Crippen LogP contribution in [-0.2, 0) is 24.2 Å². The Bertz CT molecular complexity index is 1180. The Morgan fingerprint density at radius 2 is 1.71 bits per heavy atom. The van der Waals surface area contributed by atoms with Crippen molar-refractivity contribution in [2.45, 2.75) is 31.3 Å². The summed E-state index contributed by atoms with van der Waals surface area (Å²) in [6.45, 7) is 5.32. The second-order valence-electron chi connectivity index (χ2n) is 10.6. The third kappa shape index (κ3) is 4.60. The molecule has 2 atom stereocenters. The summed E-state index contributed by atoms with van der Waals surface area (Å²) < 4.78 is 0. The van der Waals surface area contributed by atoms with Gasteiger partial charge in [-0.05, 0) is 55.0 Å². The van der Waals surface area contributed by atoms with Crippen molar-refractivity contribution in [3.8, 4) is 11.3 Å². The fraction of sp³-hybridized carbons (Fsp3) is 0.429. The Hall–Kier alpha value is -2.74. The van der Waals surface area contributed by atoms with Gasteiger partial charge in [-0.2, -0.15) is 0 Å². The Kier molecular flexibility index (Phi) is 5.87. The molecule has 3 heterocycles. The van der Waals surface area contributed by atoms with Gasteiger partial charge >= 0.3 is 5.97 Å². The molecule has 1 aliphatic carbocycles. The van der Waals surface area contributed by atoms with Gasteiger partial charge in [0.05, 0.1) is 12.1 Å². The fourth-order valence-electron chi connectivity index (χ4n) is 6.37. The number of carboxylic acid groups (broad SMARTS) is 1. The number of carbonyl (C=O) groups is 1. The molecule has 2 saturated heterocycles. The van der Waals surface area contributed by atoms with Crippen LogP contribution in [0, 0.1) is 11.8 Å². The Labute approximate surface area is 210 Å². The van der Waals surface area contributed by atoms with Crippen molar-refractivity contribution in [1.82, 2.24) is 15.2 Å². The smallest absolute Gasteiger partial charge is 0.305 e. The van der Waals surface area contributed by atoms with Crippen LogP contribution in [0.4, 0.5) is 5.69 Å². The van der Waals surface area contributed by atoms with Gasteiger partial charge in [0.1, 0.15) is 5.01 Å². The molecule has 0 spiro atoms. The van der Waals surface area contributed by atoms with E-state index in [4.69, 9.17) is 4.98 Å². The number of nitrogens with zero attached hydrogens (tertiary/aromatic N) is 3. The van der Waals surface area contributed by atoms with E-state index in [0.29, 0.717) is 6.54 Å². The first kappa shape index (κ1) is 22.7. The minimum atomic E-state index is -0.765. The van der Waals surface area contributed by atoms with Crippen molar-refractivity contribution in [2.24, 2.45) is 11.8 Å². The van der Waals surface area contributed by atoms with Crippen LogP contribution >= 0.6 is 11.3 Å². The topological polar surface area (TPSA) is 68.7 Å². The molecule has 0 amide bonds. The van der Waals surface area contributed by atoms with Gasteiger partial charge in [-0.15, -0.1) is 11.3 Å². The van der Waals surface area contributed by atoms with Crippen LogP contribution in [0.3, 0.4) is 0 Å². The molecule has 0 saturated carbocycles. The summed E-state index contributed by atoms with van der Waals surface area (Å²) in [6, 6.07) is 17.1. The second-order valence-corrected chi connectivity index (χ2v) is 11.6. The minimum Gasteiger partial charge on any atom is -0.481 e. The van der Waals surface area contributed by atoms with Crippen molar-refractivity contribution in [2.75, 3.05) is 38.1 Å². The lowest BCUT2D eigenvalue weighted by molar-refractivity contribution is -0.138. The summed E-state index contributed by atoms with van der Waals surface area (Å²) in [6.07, 6.45) is 1.59. The molecular weight excluding hydrogens is 456 g/mol. The molecule has 0 bridgehead atoms. The molecular formula is C28H32N4O2S. The number of likely N-dealkylation sites (tertiary alicyclic amines) is 1. The number of hydrogen-bond acceptors (Lipinski definition) is 6. The van der Waals surface area contributed by atoms with Gasteiger partial charge in [0.25, 0.3) is 0 Å². The molecule has 2 unspecified atom stereocenters. The van der Waals surface area contributed by atoms with Crippen LogP contribution in [-0.4, -0.2) is 59.7 Å². The number of carboxylic acids is 1. The van der Waals surface area contributed by atoms with Gasteiger partial charge in [-0.1, -0.05) is 36.4 Å². The Morgan fingerprint density at radius 3 is 2.34 bits per heavy atom. The molecule has 0 radical (unpaired) electrons. The van der Waals surface area contributed by atoms with Crippen molar-refractivity contribution in [3.05, 3.63) is 70.0 Å². The highest BCUT2D eigenvalue weighted by Crippen LogP contribution is 2.35. The number of aromatic nitrogens is 1. The predicted octanol–water partition coefficient (Wildman–Crippen LogP) is 3.91. The highest BCUT2D eigenvalue weighted by molar-refractivity contribution is 7.09. The number of rotatable bonds is 7. The molecule has 2 fully saturated rings. The summed E-state index contributed by atoms with van der Waals surface area (Å²) in [5, 5.41) is 16.2. The van der Waals surface area contributed by atoms with Gasteiger partial charge in [0.15, 0.2) is 0 Å². The summed E-state index contributed by atoms with van der Waals surface area (Å²) in [5.41, 5.74) is 5.46. The molecule has 3 aliphatic rings. The largest absolute Gasteiger partial charge is 0.481 e. The molecule has 2 aromatic carbocycles. The van der Waals surface area contributed by atoms with E-state index in [1.54, 1.807) is 11.3 Å². The molecule has 6 nitrogen and oxygen atoms in total. The van der Waals surface area contributed by atoms with E-state index in [0.717, 1.165) is 54.0 Å². The highest BCUT2D eigenvalue weighted by atomic mass is 32.1. The molecule has 182 valence electrons. The molecule has 3 aromatic rings. The maximum absolute atomic E-state index is 11.6. The van der Waals surface area contributed by atoms with Crippen molar-refractivity contribution < 1.29 is 9.90 Å². The zero-order valence-corrected chi connectivity index (χ0v) is 20.9. The fourth-order valence-corrected chi connectivity index (χ4v) is 7.11. The third-order valence-corrected chi connectivity index (χ3v) is 8.88. The van der Waals surface area contributed by atoms with Crippen LogP contribution < -0.4 is 10.2 Å². The maximum Gasteiger partial charge on any atom is 0.305 e. The number of benzene rings is 2. The highest BCUT2D eigenvalue weighted by Gasteiger charge is 2.39. The summed E-state index contributed by atoms with van der Waals surface area (Å²) in [5.74, 6) is 0.828. The van der Waals surface area contributed by atoms with Gasteiger partial charge in [-0.3, -0.25) is 4.79 Å². The number of anilines is 1. The number of nitrogens with one attached hydrogen (secondary N) is 1. The summed E-state index contributed by atoms with van der Waals surface area (Å²) in [7, 11) is 2.23. The Morgan fingerprint density at radius 1 is 1.06 bits per heavy atom. The first-order valence-electron chi connectivity index (χ1n) is 12.5. The van der Waals surface area contributed by atoms with E-state index in [-0.39, 0.29) is 6.42 Å². The summed E-state index contributed by atoms with van der Waals surface area (Å²) >= 11 is 1.63. The van der Waals surface area contributed by atoms with Crippen LogP contribution in [0.2, 0.25) is 0 Å². The first-order valence-corrected chi connectivity index (χ1v) is 13.4. The summed E-state index contributed by atoms with van der Waals surface area (Å²) in [4.78, 5) is 21.5. The van der Waals surface area contributed by atoms with Gasteiger partial charge in [0.2, 0.25) is 0 Å². The number of thiazole rings is 1. The van der Waals surface area contributed by atoms with Crippen LogP contribution in [0.15, 0.2) is 53.9 Å². The van der Waals surface area contributed by atoms with Crippen LogP contribution in [0.5, 0.6) is 0 Å². The zero-order valence-electron chi connectivity index (χ0n) is 20.1. The lowest BCUT2D eigenvalue weighted by atomic mass is 9.91. The first-order chi connectivity index (χ1) is 17.0. The quantitative estimate of drug-likeness (QED) is 0.526. The number of fused-ring (bicyclic) bond motifs is 2.